The summed E-state index contributed by atoms with van der Waals surface area (Å²) >= 11 is 0. The van der Waals surface area contributed by atoms with Crippen LogP contribution in [0.2, 0.25) is 0 Å². The van der Waals surface area contributed by atoms with Crippen molar-refractivity contribution in [3.05, 3.63) is 0 Å². The van der Waals surface area contributed by atoms with Crippen LogP contribution in [-0.2, 0) is 9.59 Å². The molecule has 1 rings (SSSR count). The fraction of sp³-hybridized carbons (Fsp3) is 0.778. The Kier molecular flexibility index (Phi) is 4.51. The van der Waals surface area contributed by atoms with Gasteiger partial charge < -0.3 is 20.8 Å². The van der Waals surface area contributed by atoms with Gasteiger partial charge in [0.05, 0.1) is 6.61 Å². The number of aliphatic hydroxyl groups is 1. The maximum Gasteiger partial charge on any atom is 0.328 e. The van der Waals surface area contributed by atoms with Gasteiger partial charge >= 0.3 is 5.97 Å². The molecule has 0 radical (unpaired) electrons. The van der Waals surface area contributed by atoms with Gasteiger partial charge in [-0.3, -0.25) is 4.79 Å². The number of hydrogen-bond donors (Lipinski definition) is 4. The van der Waals surface area contributed by atoms with E-state index in [1.807, 2.05) is 0 Å². The highest BCUT2D eigenvalue weighted by atomic mass is 16.4. The molecule has 0 aromatic rings. The van der Waals surface area contributed by atoms with Crippen molar-refractivity contribution < 1.29 is 19.8 Å². The Hall–Kier alpha value is -1.14. The fourth-order valence-corrected chi connectivity index (χ4v) is 1.13. The summed E-state index contributed by atoms with van der Waals surface area (Å²) in [6.07, 6.45) is 2.53. The Morgan fingerprint density at radius 1 is 1.40 bits per heavy atom. The topological polar surface area (TPSA) is 98.7 Å². The quantitative estimate of drug-likeness (QED) is 0.423. The average molecular weight is 216 g/mol. The summed E-state index contributed by atoms with van der Waals surface area (Å²) in [6.45, 7) is -0.0363. The molecule has 0 heterocycles. The van der Waals surface area contributed by atoms with Crippen molar-refractivity contribution in [3.8, 4) is 0 Å². The Bertz CT molecular complexity index is 240. The highest BCUT2D eigenvalue weighted by Gasteiger charge is 2.21. The maximum absolute atomic E-state index is 11.2. The third-order valence-electron chi connectivity index (χ3n) is 2.18. The Balaban J connectivity index is 2.12. The predicted molar refractivity (Wildman–Crippen MR) is 52.3 cm³/mol. The van der Waals surface area contributed by atoms with Crippen molar-refractivity contribution in [2.75, 3.05) is 13.2 Å². The van der Waals surface area contributed by atoms with Gasteiger partial charge in [0, 0.05) is 19.0 Å². The van der Waals surface area contributed by atoms with E-state index in [0.29, 0.717) is 12.6 Å². The van der Waals surface area contributed by atoms with E-state index in [0.717, 1.165) is 12.8 Å². The van der Waals surface area contributed by atoms with Gasteiger partial charge in [-0.1, -0.05) is 0 Å². The molecule has 1 aliphatic carbocycles. The summed E-state index contributed by atoms with van der Waals surface area (Å²) in [5.41, 5.74) is 0. The lowest BCUT2D eigenvalue weighted by Gasteiger charge is -2.11. The predicted octanol–water partition coefficient (Wildman–Crippen LogP) is -1.31. The van der Waals surface area contributed by atoms with Crippen molar-refractivity contribution >= 4 is 11.9 Å². The van der Waals surface area contributed by atoms with Crippen LogP contribution in [0.4, 0.5) is 0 Å². The van der Waals surface area contributed by atoms with Crippen LogP contribution in [0.3, 0.4) is 0 Å². The lowest BCUT2D eigenvalue weighted by atomic mass is 10.3. The second kappa shape index (κ2) is 5.67. The lowest BCUT2D eigenvalue weighted by molar-refractivity contribution is -0.142. The third kappa shape index (κ3) is 4.75. The van der Waals surface area contributed by atoms with E-state index in [1.54, 1.807) is 0 Å². The third-order valence-corrected chi connectivity index (χ3v) is 2.18. The zero-order valence-corrected chi connectivity index (χ0v) is 8.40. The molecule has 86 valence electrons. The van der Waals surface area contributed by atoms with Crippen LogP contribution in [0.25, 0.3) is 0 Å². The zero-order valence-electron chi connectivity index (χ0n) is 8.40. The fourth-order valence-electron chi connectivity index (χ4n) is 1.13. The highest BCUT2D eigenvalue weighted by molar-refractivity contribution is 5.83. The standard InChI is InChI=1S/C9H16N2O4/c12-5-7(9(14)15)11-8(13)3-4-10-6-1-2-6/h6-7,10,12H,1-5H2,(H,11,13)(H,14,15)/t7-/m0/s1. The molecular weight excluding hydrogens is 200 g/mol. The molecule has 0 aromatic carbocycles. The van der Waals surface area contributed by atoms with E-state index < -0.39 is 18.6 Å². The number of rotatable bonds is 7. The molecule has 0 bridgehead atoms. The van der Waals surface area contributed by atoms with Crippen LogP contribution in [0.5, 0.6) is 0 Å². The number of nitrogens with one attached hydrogen (secondary N) is 2. The summed E-state index contributed by atoms with van der Waals surface area (Å²) in [5.74, 6) is -1.58. The minimum atomic E-state index is -1.22. The first-order valence-electron chi connectivity index (χ1n) is 5.00. The van der Waals surface area contributed by atoms with Gasteiger partial charge in [-0.15, -0.1) is 0 Å². The number of amides is 1. The molecule has 1 atom stereocenters. The van der Waals surface area contributed by atoms with Gasteiger partial charge in [-0.05, 0) is 12.8 Å². The molecule has 0 unspecified atom stereocenters. The summed E-state index contributed by atoms with van der Waals surface area (Å²) in [7, 11) is 0. The van der Waals surface area contributed by atoms with E-state index >= 15 is 0 Å². The minimum Gasteiger partial charge on any atom is -0.480 e. The van der Waals surface area contributed by atoms with Crippen molar-refractivity contribution in [1.82, 2.24) is 10.6 Å². The van der Waals surface area contributed by atoms with E-state index in [1.165, 1.54) is 0 Å². The molecule has 0 aliphatic heterocycles. The van der Waals surface area contributed by atoms with E-state index in [9.17, 15) is 9.59 Å². The van der Waals surface area contributed by atoms with Crippen LogP contribution in [0, 0.1) is 0 Å². The highest BCUT2D eigenvalue weighted by Crippen LogP contribution is 2.18. The van der Waals surface area contributed by atoms with Gasteiger partial charge in [0.1, 0.15) is 6.04 Å². The SMILES string of the molecule is O=C(CCNC1CC1)N[C@@H](CO)C(=O)O. The van der Waals surface area contributed by atoms with Crippen molar-refractivity contribution in [1.29, 1.82) is 0 Å². The Morgan fingerprint density at radius 2 is 2.07 bits per heavy atom. The van der Waals surface area contributed by atoms with Crippen LogP contribution < -0.4 is 10.6 Å². The van der Waals surface area contributed by atoms with Gasteiger partial charge in [0.25, 0.3) is 0 Å². The van der Waals surface area contributed by atoms with E-state index in [2.05, 4.69) is 10.6 Å². The number of carbonyl (C=O) groups excluding carboxylic acids is 1. The van der Waals surface area contributed by atoms with Gasteiger partial charge in [0.15, 0.2) is 0 Å². The van der Waals surface area contributed by atoms with E-state index in [4.69, 9.17) is 10.2 Å². The molecule has 1 amide bonds. The van der Waals surface area contributed by atoms with Crippen LogP contribution in [0.1, 0.15) is 19.3 Å². The van der Waals surface area contributed by atoms with Crippen LogP contribution in [-0.4, -0.2) is 47.3 Å². The second-order valence-corrected chi connectivity index (χ2v) is 3.62. The molecule has 1 saturated carbocycles. The van der Waals surface area contributed by atoms with Gasteiger partial charge in [0.2, 0.25) is 5.91 Å². The molecule has 1 aliphatic rings. The zero-order chi connectivity index (χ0) is 11.3. The molecule has 6 heteroatoms. The molecule has 4 N–H and O–H groups in total. The number of carboxylic acids is 1. The van der Waals surface area contributed by atoms with Crippen LogP contribution in [0.15, 0.2) is 0 Å². The van der Waals surface area contributed by atoms with Gasteiger partial charge in [-0.2, -0.15) is 0 Å². The number of hydrogen-bond acceptors (Lipinski definition) is 4. The maximum atomic E-state index is 11.2. The normalized spacial score (nSPS) is 17.1. The first kappa shape index (κ1) is 11.9. The number of aliphatic hydroxyl groups excluding tert-OH is 1. The molecule has 6 nitrogen and oxygen atoms in total. The Morgan fingerprint density at radius 3 is 2.53 bits per heavy atom. The number of carbonyl (C=O) groups is 2. The molecule has 0 saturated heterocycles. The molecular formula is C9H16N2O4. The first-order chi connectivity index (χ1) is 7.13. The monoisotopic (exact) mass is 216 g/mol. The molecule has 0 aromatic heterocycles. The van der Waals surface area contributed by atoms with Crippen molar-refractivity contribution in [2.24, 2.45) is 0 Å². The van der Waals surface area contributed by atoms with E-state index in [-0.39, 0.29) is 12.3 Å². The Labute approximate surface area is 87.7 Å². The first-order valence-corrected chi connectivity index (χ1v) is 5.00. The summed E-state index contributed by atoms with van der Waals surface area (Å²) in [5, 5.41) is 22.6. The minimum absolute atomic E-state index is 0.236. The summed E-state index contributed by atoms with van der Waals surface area (Å²) in [6, 6.07) is -0.663. The summed E-state index contributed by atoms with van der Waals surface area (Å²) in [4.78, 5) is 21.7. The van der Waals surface area contributed by atoms with Crippen molar-refractivity contribution in [2.45, 2.75) is 31.3 Å². The van der Waals surface area contributed by atoms with Crippen molar-refractivity contribution in [3.63, 3.8) is 0 Å². The van der Waals surface area contributed by atoms with Gasteiger partial charge in [-0.25, -0.2) is 4.79 Å². The number of carboxylic acid groups (broad SMARTS) is 1. The van der Waals surface area contributed by atoms with Crippen LogP contribution >= 0.6 is 0 Å². The molecule has 15 heavy (non-hydrogen) atoms. The summed E-state index contributed by atoms with van der Waals surface area (Å²) < 4.78 is 0. The lowest BCUT2D eigenvalue weighted by Crippen LogP contribution is -2.44. The largest absolute Gasteiger partial charge is 0.480 e. The smallest absolute Gasteiger partial charge is 0.328 e. The average Bonchev–Trinajstić information content (AvgIpc) is 2.97. The second-order valence-electron chi connectivity index (χ2n) is 3.62. The number of aliphatic carboxylic acids is 1. The molecule has 1 fully saturated rings. The molecule has 0 spiro atoms.